The number of rotatable bonds is 3. The molecule has 5 nitrogen and oxygen atoms in total. The zero-order chi connectivity index (χ0) is 12.3. The summed E-state index contributed by atoms with van der Waals surface area (Å²) >= 11 is 5.80. The van der Waals surface area contributed by atoms with Crippen LogP contribution in [0.1, 0.15) is 19.3 Å². The molecule has 0 bridgehead atoms. The molecule has 94 valence electrons. The number of anilines is 1. The molecule has 2 heterocycles. The Morgan fingerprint density at radius 3 is 3.12 bits per heavy atom. The van der Waals surface area contributed by atoms with Gasteiger partial charge in [-0.3, -0.25) is 0 Å². The van der Waals surface area contributed by atoms with E-state index in [1.165, 1.54) is 19.2 Å². The summed E-state index contributed by atoms with van der Waals surface area (Å²) in [4.78, 5) is 10.1. The fourth-order valence-electron chi connectivity index (χ4n) is 2.00. The van der Waals surface area contributed by atoms with E-state index in [1.54, 1.807) is 0 Å². The minimum atomic E-state index is 0.243. The highest BCUT2D eigenvalue weighted by Gasteiger charge is 2.20. The number of likely N-dealkylation sites (N-methyl/N-ethyl adjacent to an activating group) is 1. The van der Waals surface area contributed by atoms with Gasteiger partial charge in [-0.25, -0.2) is 4.98 Å². The summed E-state index contributed by atoms with van der Waals surface area (Å²) in [5, 5.41) is 0.243. The van der Waals surface area contributed by atoms with Crippen molar-refractivity contribution < 1.29 is 4.74 Å². The van der Waals surface area contributed by atoms with E-state index in [4.69, 9.17) is 22.1 Å². The molecule has 0 radical (unpaired) electrons. The Balaban J connectivity index is 1.95. The number of hydrogen-bond donors (Lipinski definition) is 1. The van der Waals surface area contributed by atoms with Gasteiger partial charge in [0.2, 0.25) is 5.88 Å². The van der Waals surface area contributed by atoms with E-state index in [2.05, 4.69) is 21.9 Å². The molecule has 1 atom stereocenters. The van der Waals surface area contributed by atoms with Crippen molar-refractivity contribution in [1.29, 1.82) is 0 Å². The van der Waals surface area contributed by atoms with Crippen molar-refractivity contribution in [1.82, 2.24) is 14.9 Å². The number of nitrogens with zero attached hydrogens (tertiary/aromatic N) is 3. The largest absolute Gasteiger partial charge is 0.474 e. The Hall–Kier alpha value is -1.07. The number of aromatic nitrogens is 2. The van der Waals surface area contributed by atoms with Crippen LogP contribution in [0, 0.1) is 0 Å². The number of hydrogen-bond acceptors (Lipinski definition) is 5. The third-order valence-corrected chi connectivity index (χ3v) is 3.43. The van der Waals surface area contributed by atoms with Gasteiger partial charge in [0.1, 0.15) is 18.6 Å². The molecule has 1 aliphatic heterocycles. The average molecular weight is 257 g/mol. The second-order valence-corrected chi connectivity index (χ2v) is 4.68. The molecule has 2 rings (SSSR count). The molecular weight excluding hydrogens is 240 g/mol. The Morgan fingerprint density at radius 1 is 1.53 bits per heavy atom. The first kappa shape index (κ1) is 12.4. The average Bonchev–Trinajstić information content (AvgIpc) is 2.33. The molecule has 6 heteroatoms. The third kappa shape index (κ3) is 2.98. The van der Waals surface area contributed by atoms with Crippen LogP contribution in [0.3, 0.4) is 0 Å². The van der Waals surface area contributed by atoms with Crippen LogP contribution >= 0.6 is 11.6 Å². The van der Waals surface area contributed by atoms with E-state index >= 15 is 0 Å². The van der Waals surface area contributed by atoms with Gasteiger partial charge in [0, 0.05) is 6.04 Å². The number of nitrogen functional groups attached to an aromatic ring is 1. The smallest absolute Gasteiger partial charge is 0.241 e. The molecule has 1 saturated heterocycles. The first-order chi connectivity index (χ1) is 8.18. The predicted molar refractivity (Wildman–Crippen MR) is 67.2 cm³/mol. The van der Waals surface area contributed by atoms with Crippen molar-refractivity contribution >= 4 is 17.3 Å². The van der Waals surface area contributed by atoms with Gasteiger partial charge >= 0.3 is 0 Å². The minimum absolute atomic E-state index is 0.243. The van der Waals surface area contributed by atoms with Crippen LogP contribution in [0.2, 0.25) is 5.15 Å². The number of halogens is 1. The molecule has 0 spiro atoms. The summed E-state index contributed by atoms with van der Waals surface area (Å²) in [6, 6.07) is 0.428. The SMILES string of the molecule is CN1CCCCC1COc1ncnc(Cl)c1N. The topological polar surface area (TPSA) is 64.3 Å². The van der Waals surface area contributed by atoms with Crippen LogP contribution in [0.5, 0.6) is 5.88 Å². The van der Waals surface area contributed by atoms with Gasteiger partial charge in [0.25, 0.3) is 0 Å². The molecule has 2 N–H and O–H groups in total. The lowest BCUT2D eigenvalue weighted by Crippen LogP contribution is -2.40. The molecule has 0 aliphatic carbocycles. The summed E-state index contributed by atoms with van der Waals surface area (Å²) in [6.07, 6.45) is 5.01. The summed E-state index contributed by atoms with van der Waals surface area (Å²) in [7, 11) is 2.11. The van der Waals surface area contributed by atoms with Gasteiger partial charge in [0.15, 0.2) is 5.15 Å². The second-order valence-electron chi connectivity index (χ2n) is 4.32. The fraction of sp³-hybridized carbons (Fsp3) is 0.636. The minimum Gasteiger partial charge on any atom is -0.474 e. The molecule has 1 unspecified atom stereocenters. The Morgan fingerprint density at radius 2 is 2.35 bits per heavy atom. The first-order valence-corrected chi connectivity index (χ1v) is 6.15. The van der Waals surface area contributed by atoms with Crippen LogP contribution in [-0.2, 0) is 0 Å². The predicted octanol–water partition coefficient (Wildman–Crippen LogP) is 1.58. The van der Waals surface area contributed by atoms with Gasteiger partial charge in [-0.05, 0) is 26.4 Å². The Kier molecular flexibility index (Phi) is 4.02. The molecule has 0 amide bonds. The van der Waals surface area contributed by atoms with Crippen molar-refractivity contribution in [3.8, 4) is 5.88 Å². The van der Waals surface area contributed by atoms with Gasteiger partial charge in [-0.15, -0.1) is 0 Å². The maximum atomic E-state index is 5.80. The lowest BCUT2D eigenvalue weighted by Gasteiger charge is -2.32. The van der Waals surface area contributed by atoms with Crippen molar-refractivity contribution in [3.63, 3.8) is 0 Å². The van der Waals surface area contributed by atoms with Crippen LogP contribution in [-0.4, -0.2) is 41.1 Å². The van der Waals surface area contributed by atoms with Crippen LogP contribution < -0.4 is 10.5 Å². The zero-order valence-electron chi connectivity index (χ0n) is 9.90. The fourth-order valence-corrected chi connectivity index (χ4v) is 2.13. The summed E-state index contributed by atoms with van der Waals surface area (Å²) in [5.74, 6) is 0.379. The lowest BCUT2D eigenvalue weighted by atomic mass is 10.0. The maximum Gasteiger partial charge on any atom is 0.241 e. The molecule has 1 aromatic heterocycles. The van der Waals surface area contributed by atoms with Crippen LogP contribution in [0.25, 0.3) is 0 Å². The van der Waals surface area contributed by atoms with E-state index in [0.717, 1.165) is 13.0 Å². The second kappa shape index (κ2) is 5.51. The Labute approximate surface area is 106 Å². The van der Waals surface area contributed by atoms with Crippen molar-refractivity contribution in [2.45, 2.75) is 25.3 Å². The molecule has 1 aromatic rings. The van der Waals surface area contributed by atoms with E-state index in [1.807, 2.05) is 0 Å². The van der Waals surface area contributed by atoms with Gasteiger partial charge in [0.05, 0.1) is 0 Å². The summed E-state index contributed by atoms with van der Waals surface area (Å²) < 4.78 is 5.63. The Bertz CT molecular complexity index is 388. The van der Waals surface area contributed by atoms with Crippen molar-refractivity contribution in [2.24, 2.45) is 0 Å². The molecule has 0 aromatic carbocycles. The monoisotopic (exact) mass is 256 g/mol. The highest BCUT2D eigenvalue weighted by Crippen LogP contribution is 2.25. The third-order valence-electron chi connectivity index (χ3n) is 3.13. The van der Waals surface area contributed by atoms with E-state index in [-0.39, 0.29) is 5.15 Å². The standard InChI is InChI=1S/C11H17ClN4O/c1-16-5-3-2-4-8(16)6-17-11-9(13)10(12)14-7-15-11/h7-8H,2-6,13H2,1H3. The number of ether oxygens (including phenoxy) is 1. The quantitative estimate of drug-likeness (QED) is 0.832. The molecule has 17 heavy (non-hydrogen) atoms. The van der Waals surface area contributed by atoms with E-state index in [9.17, 15) is 0 Å². The highest BCUT2D eigenvalue weighted by atomic mass is 35.5. The summed E-state index contributed by atoms with van der Waals surface area (Å²) in [5.41, 5.74) is 6.05. The van der Waals surface area contributed by atoms with Crippen LogP contribution in [0.4, 0.5) is 5.69 Å². The van der Waals surface area contributed by atoms with Crippen molar-refractivity contribution in [3.05, 3.63) is 11.5 Å². The van der Waals surface area contributed by atoms with E-state index < -0.39 is 0 Å². The first-order valence-electron chi connectivity index (χ1n) is 5.77. The van der Waals surface area contributed by atoms with E-state index in [0.29, 0.717) is 24.2 Å². The lowest BCUT2D eigenvalue weighted by molar-refractivity contribution is 0.123. The van der Waals surface area contributed by atoms with Gasteiger partial charge in [-0.1, -0.05) is 18.0 Å². The van der Waals surface area contributed by atoms with Crippen LogP contribution in [0.15, 0.2) is 6.33 Å². The summed E-state index contributed by atoms with van der Waals surface area (Å²) in [6.45, 7) is 1.71. The maximum absolute atomic E-state index is 5.80. The zero-order valence-corrected chi connectivity index (χ0v) is 10.7. The molecule has 0 saturated carbocycles. The number of piperidine rings is 1. The van der Waals surface area contributed by atoms with Crippen molar-refractivity contribution in [2.75, 3.05) is 25.9 Å². The molecule has 1 fully saturated rings. The van der Waals surface area contributed by atoms with Gasteiger partial charge in [-0.2, -0.15) is 4.98 Å². The number of nitrogens with two attached hydrogens (primary N) is 1. The number of likely N-dealkylation sites (tertiary alicyclic amines) is 1. The van der Waals surface area contributed by atoms with Gasteiger partial charge < -0.3 is 15.4 Å². The molecular formula is C11H17ClN4O. The molecule has 1 aliphatic rings. The normalized spacial score (nSPS) is 21.4. The highest BCUT2D eigenvalue weighted by molar-refractivity contribution is 6.32.